The number of aromatic nitrogens is 1. The SMILES string of the molecule is CC#Cc1ccc2c(SN)cc(NC(=O)Cc3ccccc3Cl)cc2n1. The van der Waals surface area contributed by atoms with E-state index in [0.29, 0.717) is 16.4 Å². The first-order valence-electron chi connectivity index (χ1n) is 7.88. The third-order valence-electron chi connectivity index (χ3n) is 3.74. The molecule has 26 heavy (non-hydrogen) atoms. The first-order chi connectivity index (χ1) is 12.6. The fourth-order valence-electron chi connectivity index (χ4n) is 2.59. The van der Waals surface area contributed by atoms with Crippen molar-refractivity contribution in [3.63, 3.8) is 0 Å². The summed E-state index contributed by atoms with van der Waals surface area (Å²) in [5, 5.41) is 10.2. The highest BCUT2D eigenvalue weighted by molar-refractivity contribution is 7.97. The average Bonchev–Trinajstić information content (AvgIpc) is 2.63. The van der Waals surface area contributed by atoms with E-state index in [-0.39, 0.29) is 12.3 Å². The topological polar surface area (TPSA) is 68.0 Å². The largest absolute Gasteiger partial charge is 0.326 e. The molecule has 0 spiro atoms. The van der Waals surface area contributed by atoms with Crippen LogP contribution in [0, 0.1) is 11.8 Å². The fourth-order valence-corrected chi connectivity index (χ4v) is 3.29. The zero-order chi connectivity index (χ0) is 18.5. The lowest BCUT2D eigenvalue weighted by molar-refractivity contribution is -0.115. The van der Waals surface area contributed by atoms with Crippen LogP contribution in [-0.2, 0) is 11.2 Å². The number of fused-ring (bicyclic) bond motifs is 1. The van der Waals surface area contributed by atoms with E-state index in [1.165, 1.54) is 0 Å². The minimum absolute atomic E-state index is 0.157. The van der Waals surface area contributed by atoms with E-state index in [0.717, 1.165) is 33.3 Å². The van der Waals surface area contributed by atoms with Crippen LogP contribution in [0.25, 0.3) is 10.9 Å². The predicted octanol–water partition coefficient (Wildman–Crippen LogP) is 4.41. The molecule has 3 N–H and O–H groups in total. The van der Waals surface area contributed by atoms with Crippen LogP contribution in [-0.4, -0.2) is 10.9 Å². The molecule has 0 aliphatic rings. The number of anilines is 1. The summed E-state index contributed by atoms with van der Waals surface area (Å²) in [6.07, 6.45) is 0.192. The minimum atomic E-state index is -0.157. The number of rotatable bonds is 4. The van der Waals surface area contributed by atoms with Gasteiger partial charge in [-0.2, -0.15) is 0 Å². The number of carbonyl (C=O) groups excluding carboxylic acids is 1. The Bertz CT molecular complexity index is 1040. The molecule has 0 atom stereocenters. The summed E-state index contributed by atoms with van der Waals surface area (Å²) in [5.41, 5.74) is 2.82. The Morgan fingerprint density at radius 1 is 1.27 bits per heavy atom. The van der Waals surface area contributed by atoms with Crippen LogP contribution in [0.5, 0.6) is 0 Å². The number of benzene rings is 2. The molecular formula is C20H16ClN3OS. The molecule has 2 aromatic carbocycles. The predicted molar refractivity (Wildman–Crippen MR) is 108 cm³/mol. The molecule has 1 amide bonds. The number of amides is 1. The quantitative estimate of drug-likeness (QED) is 0.519. The summed E-state index contributed by atoms with van der Waals surface area (Å²) < 4.78 is 0. The van der Waals surface area contributed by atoms with E-state index in [9.17, 15) is 4.79 Å². The molecule has 0 saturated heterocycles. The van der Waals surface area contributed by atoms with E-state index in [2.05, 4.69) is 22.1 Å². The van der Waals surface area contributed by atoms with Crippen molar-refractivity contribution in [2.75, 3.05) is 5.32 Å². The van der Waals surface area contributed by atoms with Gasteiger partial charge < -0.3 is 5.32 Å². The van der Waals surface area contributed by atoms with Gasteiger partial charge in [0, 0.05) is 21.0 Å². The van der Waals surface area contributed by atoms with Crippen molar-refractivity contribution in [1.29, 1.82) is 0 Å². The Hall–Kier alpha value is -2.52. The Labute approximate surface area is 161 Å². The zero-order valence-corrected chi connectivity index (χ0v) is 15.6. The summed E-state index contributed by atoms with van der Waals surface area (Å²) in [6, 6.07) is 14.7. The van der Waals surface area contributed by atoms with Crippen LogP contribution in [0.3, 0.4) is 0 Å². The number of nitrogens with one attached hydrogen (secondary N) is 1. The molecule has 1 aromatic heterocycles. The highest BCUT2D eigenvalue weighted by Gasteiger charge is 2.10. The molecule has 4 nitrogen and oxygen atoms in total. The molecule has 0 fully saturated rings. The normalized spacial score (nSPS) is 10.3. The van der Waals surface area contributed by atoms with Crippen LogP contribution >= 0.6 is 23.5 Å². The number of carbonyl (C=O) groups is 1. The zero-order valence-electron chi connectivity index (χ0n) is 14.0. The van der Waals surface area contributed by atoms with Crippen LogP contribution in [0.2, 0.25) is 5.02 Å². The van der Waals surface area contributed by atoms with E-state index in [1.807, 2.05) is 42.5 Å². The van der Waals surface area contributed by atoms with Gasteiger partial charge in [-0.25, -0.2) is 4.98 Å². The van der Waals surface area contributed by atoms with Crippen molar-refractivity contribution in [1.82, 2.24) is 4.98 Å². The van der Waals surface area contributed by atoms with Crippen molar-refractivity contribution in [3.05, 3.63) is 64.8 Å². The molecule has 0 saturated carbocycles. The van der Waals surface area contributed by atoms with Gasteiger partial charge in [0.2, 0.25) is 5.91 Å². The Kier molecular flexibility index (Phi) is 5.79. The van der Waals surface area contributed by atoms with Crippen molar-refractivity contribution >= 4 is 46.0 Å². The van der Waals surface area contributed by atoms with E-state index in [4.69, 9.17) is 16.7 Å². The Morgan fingerprint density at radius 3 is 2.81 bits per heavy atom. The molecule has 3 rings (SSSR count). The van der Waals surface area contributed by atoms with Crippen molar-refractivity contribution < 1.29 is 4.79 Å². The minimum Gasteiger partial charge on any atom is -0.326 e. The maximum Gasteiger partial charge on any atom is 0.228 e. The van der Waals surface area contributed by atoms with Crippen LogP contribution in [0.15, 0.2) is 53.4 Å². The van der Waals surface area contributed by atoms with E-state index < -0.39 is 0 Å². The number of halogens is 1. The van der Waals surface area contributed by atoms with E-state index in [1.54, 1.807) is 13.0 Å². The molecule has 0 bridgehead atoms. The molecule has 0 aliphatic carbocycles. The third kappa shape index (κ3) is 4.17. The summed E-state index contributed by atoms with van der Waals surface area (Å²) in [4.78, 5) is 17.7. The molecule has 6 heteroatoms. The van der Waals surface area contributed by atoms with Gasteiger partial charge in [-0.05, 0) is 60.7 Å². The van der Waals surface area contributed by atoms with Gasteiger partial charge in [0.05, 0.1) is 11.9 Å². The van der Waals surface area contributed by atoms with Crippen molar-refractivity contribution in [2.24, 2.45) is 5.14 Å². The summed E-state index contributed by atoms with van der Waals surface area (Å²) in [6.45, 7) is 1.76. The lowest BCUT2D eigenvalue weighted by Crippen LogP contribution is -2.14. The Morgan fingerprint density at radius 2 is 2.08 bits per heavy atom. The number of hydrogen-bond acceptors (Lipinski definition) is 4. The second-order valence-electron chi connectivity index (χ2n) is 5.55. The second-order valence-corrected chi connectivity index (χ2v) is 6.63. The van der Waals surface area contributed by atoms with Crippen molar-refractivity contribution in [2.45, 2.75) is 18.2 Å². The number of pyridine rings is 1. The fraction of sp³-hybridized carbons (Fsp3) is 0.100. The molecular weight excluding hydrogens is 366 g/mol. The van der Waals surface area contributed by atoms with Gasteiger partial charge >= 0.3 is 0 Å². The summed E-state index contributed by atoms with van der Waals surface area (Å²) in [7, 11) is 0. The lowest BCUT2D eigenvalue weighted by Gasteiger charge is -2.10. The summed E-state index contributed by atoms with van der Waals surface area (Å²) >= 11 is 7.24. The van der Waals surface area contributed by atoms with Gasteiger partial charge in [-0.15, -0.1) is 0 Å². The molecule has 0 radical (unpaired) electrons. The highest BCUT2D eigenvalue weighted by Crippen LogP contribution is 2.28. The van der Waals surface area contributed by atoms with Crippen molar-refractivity contribution in [3.8, 4) is 11.8 Å². The number of nitrogens with two attached hydrogens (primary N) is 1. The van der Waals surface area contributed by atoms with Gasteiger partial charge in [0.25, 0.3) is 0 Å². The maximum absolute atomic E-state index is 12.4. The standard InChI is InChI=1S/C20H16ClN3OS/c1-2-5-14-8-9-16-18(23-14)11-15(12-19(16)26-22)24-20(25)10-13-6-3-4-7-17(13)21/h3-4,6-9,11-12H,10,22H2,1H3,(H,24,25). The highest BCUT2D eigenvalue weighted by atomic mass is 35.5. The van der Waals surface area contributed by atoms with Gasteiger partial charge in [-0.3, -0.25) is 9.93 Å². The van der Waals surface area contributed by atoms with Gasteiger partial charge in [0.15, 0.2) is 0 Å². The van der Waals surface area contributed by atoms with E-state index >= 15 is 0 Å². The smallest absolute Gasteiger partial charge is 0.228 e. The molecule has 130 valence electrons. The van der Waals surface area contributed by atoms with Crippen LogP contribution in [0.4, 0.5) is 5.69 Å². The number of nitrogens with zero attached hydrogens (tertiary/aromatic N) is 1. The third-order valence-corrected chi connectivity index (χ3v) is 4.70. The first-order valence-corrected chi connectivity index (χ1v) is 9.14. The lowest BCUT2D eigenvalue weighted by atomic mass is 10.1. The van der Waals surface area contributed by atoms with Gasteiger partial charge in [0.1, 0.15) is 5.69 Å². The number of hydrogen-bond donors (Lipinski definition) is 2. The molecule has 1 heterocycles. The average molecular weight is 382 g/mol. The van der Waals surface area contributed by atoms with Gasteiger partial charge in [-0.1, -0.05) is 35.7 Å². The monoisotopic (exact) mass is 381 g/mol. The Balaban J connectivity index is 1.90. The molecule has 0 unspecified atom stereocenters. The molecule has 3 aromatic rings. The van der Waals surface area contributed by atoms with Crippen LogP contribution in [0.1, 0.15) is 18.2 Å². The summed E-state index contributed by atoms with van der Waals surface area (Å²) in [5.74, 6) is 5.61. The maximum atomic E-state index is 12.4. The second kappa shape index (κ2) is 8.24. The van der Waals surface area contributed by atoms with Crippen LogP contribution < -0.4 is 10.5 Å². The first kappa shape index (κ1) is 18.3. The molecule has 0 aliphatic heterocycles.